The fourth-order valence-electron chi connectivity index (χ4n) is 2.32. The molecule has 19 heavy (non-hydrogen) atoms. The summed E-state index contributed by atoms with van der Waals surface area (Å²) in [5.41, 5.74) is 1.04. The highest BCUT2D eigenvalue weighted by atomic mass is 32.2. The van der Waals surface area contributed by atoms with Gasteiger partial charge in [-0.05, 0) is 30.7 Å². The minimum Gasteiger partial charge on any atom is -0.465 e. The van der Waals surface area contributed by atoms with Crippen molar-refractivity contribution in [3.05, 3.63) is 29.7 Å². The van der Waals surface area contributed by atoms with Gasteiger partial charge >= 0.3 is 5.97 Å². The molecule has 3 heterocycles. The quantitative estimate of drug-likeness (QED) is 0.803. The summed E-state index contributed by atoms with van der Waals surface area (Å²) in [6, 6.07) is 3.49. The van der Waals surface area contributed by atoms with E-state index in [1.54, 1.807) is 22.8 Å². The molecule has 0 saturated carbocycles. The molecule has 1 atom stereocenters. The van der Waals surface area contributed by atoms with E-state index in [0.717, 1.165) is 12.2 Å². The summed E-state index contributed by atoms with van der Waals surface area (Å²) in [7, 11) is 1.37. The Bertz CT molecular complexity index is 605. The maximum Gasteiger partial charge on any atom is 0.341 e. The van der Waals surface area contributed by atoms with Crippen LogP contribution < -0.4 is 0 Å². The van der Waals surface area contributed by atoms with Gasteiger partial charge in [0.05, 0.1) is 7.11 Å². The number of hydrogen-bond donors (Lipinski definition) is 0. The van der Waals surface area contributed by atoms with Gasteiger partial charge in [0.1, 0.15) is 5.56 Å². The Hall–Kier alpha value is -1.56. The highest BCUT2D eigenvalue weighted by Gasteiger charge is 2.20. The molecule has 0 aliphatic carbocycles. The predicted octanol–water partition coefficient (Wildman–Crippen LogP) is 1.95. The molecule has 6 heteroatoms. The van der Waals surface area contributed by atoms with Gasteiger partial charge < -0.3 is 4.74 Å². The molecule has 0 radical (unpaired) electrons. The lowest BCUT2D eigenvalue weighted by Crippen LogP contribution is -2.04. The molecule has 5 nitrogen and oxygen atoms in total. The third kappa shape index (κ3) is 2.45. The summed E-state index contributed by atoms with van der Waals surface area (Å²) in [6.07, 6.45) is 5.17. The highest BCUT2D eigenvalue weighted by Crippen LogP contribution is 2.28. The first kappa shape index (κ1) is 12.5. The van der Waals surface area contributed by atoms with E-state index in [9.17, 15) is 4.79 Å². The minimum atomic E-state index is -0.375. The third-order valence-electron chi connectivity index (χ3n) is 3.25. The fraction of sp³-hybridized carbons (Fsp3) is 0.462. The molecule has 100 valence electrons. The van der Waals surface area contributed by atoms with Gasteiger partial charge in [-0.1, -0.05) is 0 Å². The maximum absolute atomic E-state index is 11.7. The van der Waals surface area contributed by atoms with Gasteiger partial charge in [-0.15, -0.1) is 0 Å². The molecule has 1 aliphatic heterocycles. The highest BCUT2D eigenvalue weighted by molar-refractivity contribution is 8.00. The fourth-order valence-corrected chi connectivity index (χ4v) is 3.58. The van der Waals surface area contributed by atoms with E-state index >= 15 is 0 Å². The number of methoxy groups -OCH3 is 1. The van der Waals surface area contributed by atoms with Crippen LogP contribution in [0.25, 0.3) is 5.65 Å². The van der Waals surface area contributed by atoms with Crippen molar-refractivity contribution in [1.82, 2.24) is 14.6 Å². The van der Waals surface area contributed by atoms with Crippen molar-refractivity contribution in [2.24, 2.45) is 0 Å². The molecular formula is C13H15N3O2S. The van der Waals surface area contributed by atoms with Crippen LogP contribution in [0.5, 0.6) is 0 Å². The minimum absolute atomic E-state index is 0.375. The number of carbonyl (C=O) groups is 1. The summed E-state index contributed by atoms with van der Waals surface area (Å²) in [5.74, 6) is 1.65. The average Bonchev–Trinajstić information content (AvgIpc) is 3.06. The van der Waals surface area contributed by atoms with E-state index < -0.39 is 0 Å². The monoisotopic (exact) mass is 277 g/mol. The largest absolute Gasteiger partial charge is 0.465 e. The molecule has 0 spiro atoms. The van der Waals surface area contributed by atoms with Crippen molar-refractivity contribution in [3.8, 4) is 0 Å². The SMILES string of the molecule is COC(=O)c1cccn2nc(CC3CCCS3)nc12. The molecule has 1 fully saturated rings. The lowest BCUT2D eigenvalue weighted by atomic mass is 10.2. The van der Waals surface area contributed by atoms with E-state index in [0.29, 0.717) is 16.5 Å². The lowest BCUT2D eigenvalue weighted by molar-refractivity contribution is 0.0602. The number of nitrogens with zero attached hydrogens (tertiary/aromatic N) is 3. The second-order valence-electron chi connectivity index (χ2n) is 4.55. The Morgan fingerprint density at radius 3 is 3.26 bits per heavy atom. The third-order valence-corrected chi connectivity index (χ3v) is 4.64. The normalized spacial score (nSPS) is 18.9. The Kier molecular flexibility index (Phi) is 3.42. The Morgan fingerprint density at radius 2 is 2.53 bits per heavy atom. The topological polar surface area (TPSA) is 56.5 Å². The van der Waals surface area contributed by atoms with E-state index in [1.165, 1.54) is 25.7 Å². The van der Waals surface area contributed by atoms with Crippen LogP contribution in [0.4, 0.5) is 0 Å². The van der Waals surface area contributed by atoms with Gasteiger partial charge in [-0.2, -0.15) is 16.9 Å². The Labute approximate surface area is 115 Å². The van der Waals surface area contributed by atoms with Gasteiger partial charge in [0.15, 0.2) is 11.5 Å². The summed E-state index contributed by atoms with van der Waals surface area (Å²) in [6.45, 7) is 0. The van der Waals surface area contributed by atoms with Crippen molar-refractivity contribution in [3.63, 3.8) is 0 Å². The van der Waals surface area contributed by atoms with Gasteiger partial charge in [0.2, 0.25) is 0 Å². The van der Waals surface area contributed by atoms with Crippen molar-refractivity contribution >= 4 is 23.4 Å². The molecule has 1 aliphatic rings. The molecule has 3 rings (SSSR count). The zero-order valence-corrected chi connectivity index (χ0v) is 11.5. The van der Waals surface area contributed by atoms with E-state index in [4.69, 9.17) is 4.74 Å². The van der Waals surface area contributed by atoms with Crippen LogP contribution in [0, 0.1) is 0 Å². The van der Waals surface area contributed by atoms with Crippen LogP contribution >= 0.6 is 11.8 Å². The molecular weight excluding hydrogens is 262 g/mol. The molecule has 0 amide bonds. The van der Waals surface area contributed by atoms with Crippen LogP contribution in [0.15, 0.2) is 18.3 Å². The van der Waals surface area contributed by atoms with Crippen molar-refractivity contribution in [2.45, 2.75) is 24.5 Å². The van der Waals surface area contributed by atoms with Gasteiger partial charge in [0.25, 0.3) is 0 Å². The number of rotatable bonds is 3. The standard InChI is InChI=1S/C13H15N3O2S/c1-18-13(17)10-5-2-6-16-12(10)14-11(15-16)8-9-4-3-7-19-9/h2,5-6,9H,3-4,7-8H2,1H3. The summed E-state index contributed by atoms with van der Waals surface area (Å²) >= 11 is 1.98. The van der Waals surface area contributed by atoms with Crippen molar-refractivity contribution in [1.29, 1.82) is 0 Å². The first-order chi connectivity index (χ1) is 9.28. The van der Waals surface area contributed by atoms with E-state index in [-0.39, 0.29) is 5.97 Å². The van der Waals surface area contributed by atoms with Crippen LogP contribution in [0.1, 0.15) is 29.0 Å². The summed E-state index contributed by atoms with van der Waals surface area (Å²) in [5, 5.41) is 5.05. The molecule has 2 aromatic heterocycles. The van der Waals surface area contributed by atoms with E-state index in [2.05, 4.69) is 10.1 Å². The number of carbonyl (C=O) groups excluding carboxylic acids is 1. The van der Waals surface area contributed by atoms with Crippen LogP contribution in [-0.2, 0) is 11.2 Å². The molecule has 1 unspecified atom stereocenters. The summed E-state index contributed by atoms with van der Waals surface area (Å²) in [4.78, 5) is 16.2. The van der Waals surface area contributed by atoms with Gasteiger partial charge in [-0.25, -0.2) is 14.3 Å². The van der Waals surface area contributed by atoms with Crippen molar-refractivity contribution < 1.29 is 9.53 Å². The number of aromatic nitrogens is 3. The summed E-state index contributed by atoms with van der Waals surface area (Å²) < 4.78 is 6.42. The number of fused-ring (bicyclic) bond motifs is 1. The van der Waals surface area contributed by atoms with Crippen LogP contribution in [0.3, 0.4) is 0 Å². The first-order valence-electron chi connectivity index (χ1n) is 6.32. The Balaban J connectivity index is 1.93. The molecule has 1 saturated heterocycles. The first-order valence-corrected chi connectivity index (χ1v) is 7.37. The second kappa shape index (κ2) is 5.21. The van der Waals surface area contributed by atoms with Crippen LogP contribution in [0.2, 0.25) is 0 Å². The van der Waals surface area contributed by atoms with Gasteiger partial charge in [0, 0.05) is 17.9 Å². The zero-order valence-electron chi connectivity index (χ0n) is 10.7. The number of thioether (sulfide) groups is 1. The molecule has 0 aromatic carbocycles. The smallest absolute Gasteiger partial charge is 0.341 e. The maximum atomic E-state index is 11.7. The average molecular weight is 277 g/mol. The molecule has 2 aromatic rings. The number of esters is 1. The van der Waals surface area contributed by atoms with Crippen molar-refractivity contribution in [2.75, 3.05) is 12.9 Å². The lowest BCUT2D eigenvalue weighted by Gasteiger charge is -2.02. The predicted molar refractivity (Wildman–Crippen MR) is 73.5 cm³/mol. The number of ether oxygens (including phenoxy) is 1. The van der Waals surface area contributed by atoms with Gasteiger partial charge in [-0.3, -0.25) is 0 Å². The zero-order chi connectivity index (χ0) is 13.2. The Morgan fingerprint density at radius 1 is 1.63 bits per heavy atom. The second-order valence-corrected chi connectivity index (χ2v) is 5.96. The molecule has 0 bridgehead atoms. The molecule has 0 N–H and O–H groups in total. The van der Waals surface area contributed by atoms with Crippen LogP contribution in [-0.4, -0.2) is 38.7 Å². The number of hydrogen-bond acceptors (Lipinski definition) is 5. The van der Waals surface area contributed by atoms with E-state index in [1.807, 2.05) is 11.8 Å². The number of pyridine rings is 1.